The summed E-state index contributed by atoms with van der Waals surface area (Å²) in [6, 6.07) is 2.51. The molecule has 14 heavy (non-hydrogen) atoms. The summed E-state index contributed by atoms with van der Waals surface area (Å²) >= 11 is 5.76. The van der Waals surface area contributed by atoms with Crippen LogP contribution in [0, 0.1) is 5.82 Å². The molecule has 0 atom stereocenters. The smallest absolute Gasteiger partial charge is 0.140 e. The van der Waals surface area contributed by atoms with E-state index < -0.39 is 5.82 Å². The lowest BCUT2D eigenvalue weighted by Crippen LogP contribution is -1.95. The minimum atomic E-state index is -0.420. The number of carbonyl (C=O) groups is 1. The van der Waals surface area contributed by atoms with Crippen LogP contribution in [-0.4, -0.2) is 13.4 Å². The van der Waals surface area contributed by atoms with Gasteiger partial charge in [-0.15, -0.1) is 0 Å². The molecule has 0 aliphatic carbocycles. The molecule has 1 aromatic rings. The van der Waals surface area contributed by atoms with Gasteiger partial charge in [-0.1, -0.05) is 11.6 Å². The van der Waals surface area contributed by atoms with E-state index in [4.69, 9.17) is 16.3 Å². The van der Waals surface area contributed by atoms with Crippen molar-refractivity contribution in [1.29, 1.82) is 0 Å². The highest BCUT2D eigenvalue weighted by atomic mass is 35.5. The largest absolute Gasteiger partial charge is 0.495 e. The van der Waals surface area contributed by atoms with Crippen molar-refractivity contribution in [3.8, 4) is 5.75 Å². The number of aryl methyl sites for hydroxylation is 1. The van der Waals surface area contributed by atoms with Crippen LogP contribution in [-0.2, 0) is 11.2 Å². The van der Waals surface area contributed by atoms with Crippen molar-refractivity contribution in [1.82, 2.24) is 0 Å². The number of benzene rings is 1. The van der Waals surface area contributed by atoms with Gasteiger partial charge >= 0.3 is 0 Å². The molecule has 76 valence electrons. The highest BCUT2D eigenvalue weighted by Gasteiger charge is 2.09. The maximum Gasteiger partial charge on any atom is 0.140 e. The molecule has 0 aliphatic rings. The van der Waals surface area contributed by atoms with E-state index in [1.807, 2.05) is 0 Å². The summed E-state index contributed by atoms with van der Waals surface area (Å²) in [6.45, 7) is 0. The molecule has 0 aromatic heterocycles. The van der Waals surface area contributed by atoms with Crippen LogP contribution in [0.4, 0.5) is 4.39 Å². The quantitative estimate of drug-likeness (QED) is 0.724. The van der Waals surface area contributed by atoms with Gasteiger partial charge in [0.2, 0.25) is 0 Å². The van der Waals surface area contributed by atoms with Gasteiger partial charge in [-0.3, -0.25) is 0 Å². The van der Waals surface area contributed by atoms with Gasteiger partial charge in [-0.05, 0) is 24.1 Å². The molecular formula is C10H10ClFO2. The molecule has 4 heteroatoms. The molecular weight excluding hydrogens is 207 g/mol. The molecule has 0 N–H and O–H groups in total. The number of carbonyl (C=O) groups excluding carboxylic acids is 1. The van der Waals surface area contributed by atoms with E-state index in [0.29, 0.717) is 24.2 Å². The molecule has 0 amide bonds. The monoisotopic (exact) mass is 216 g/mol. The van der Waals surface area contributed by atoms with Gasteiger partial charge in [0.05, 0.1) is 12.1 Å². The zero-order valence-corrected chi connectivity index (χ0v) is 8.47. The van der Waals surface area contributed by atoms with E-state index in [1.54, 1.807) is 0 Å². The Morgan fingerprint density at radius 2 is 2.29 bits per heavy atom. The normalized spacial score (nSPS) is 9.93. The average Bonchev–Trinajstić information content (AvgIpc) is 2.14. The van der Waals surface area contributed by atoms with E-state index in [0.717, 1.165) is 6.29 Å². The molecule has 0 spiro atoms. The van der Waals surface area contributed by atoms with E-state index in [1.165, 1.54) is 19.2 Å². The molecule has 0 saturated heterocycles. The molecule has 0 radical (unpaired) electrons. The minimum absolute atomic E-state index is 0.230. The lowest BCUT2D eigenvalue weighted by Gasteiger charge is -2.09. The SMILES string of the molecule is COc1c(Cl)cc(F)cc1CCC=O. The zero-order valence-electron chi connectivity index (χ0n) is 7.72. The van der Waals surface area contributed by atoms with Crippen LogP contribution in [0.1, 0.15) is 12.0 Å². The predicted molar refractivity (Wildman–Crippen MR) is 52.3 cm³/mol. The first-order valence-corrected chi connectivity index (χ1v) is 4.52. The van der Waals surface area contributed by atoms with Crippen LogP contribution >= 0.6 is 11.6 Å². The Morgan fingerprint density at radius 3 is 2.86 bits per heavy atom. The fourth-order valence-electron chi connectivity index (χ4n) is 1.24. The Balaban J connectivity index is 3.04. The van der Waals surface area contributed by atoms with Crippen molar-refractivity contribution < 1.29 is 13.9 Å². The van der Waals surface area contributed by atoms with Crippen molar-refractivity contribution in [2.24, 2.45) is 0 Å². The van der Waals surface area contributed by atoms with E-state index in [2.05, 4.69) is 0 Å². The van der Waals surface area contributed by atoms with Crippen LogP contribution < -0.4 is 4.74 Å². The summed E-state index contributed by atoms with van der Waals surface area (Å²) in [6.07, 6.45) is 1.54. The summed E-state index contributed by atoms with van der Waals surface area (Å²) < 4.78 is 18.0. The predicted octanol–water partition coefficient (Wildman–Crippen LogP) is 2.62. The van der Waals surface area contributed by atoms with E-state index >= 15 is 0 Å². The van der Waals surface area contributed by atoms with Crippen LogP contribution in [0.2, 0.25) is 5.02 Å². The first-order valence-electron chi connectivity index (χ1n) is 4.14. The summed E-state index contributed by atoms with van der Waals surface area (Å²) in [7, 11) is 1.46. The topological polar surface area (TPSA) is 26.3 Å². The molecule has 0 bridgehead atoms. The summed E-state index contributed by atoms with van der Waals surface area (Å²) in [4.78, 5) is 10.2. The maximum atomic E-state index is 12.9. The molecule has 0 aliphatic heterocycles. The first kappa shape index (κ1) is 11.0. The molecule has 0 heterocycles. The molecule has 0 unspecified atom stereocenters. The van der Waals surface area contributed by atoms with Gasteiger partial charge in [-0.25, -0.2) is 4.39 Å². The lowest BCUT2D eigenvalue weighted by atomic mass is 10.1. The van der Waals surface area contributed by atoms with Gasteiger partial charge in [0.25, 0.3) is 0 Å². The Kier molecular flexibility index (Phi) is 3.89. The Bertz CT molecular complexity index is 339. The van der Waals surface area contributed by atoms with Gasteiger partial charge < -0.3 is 9.53 Å². The van der Waals surface area contributed by atoms with Crippen LogP contribution in [0.25, 0.3) is 0 Å². The summed E-state index contributed by atoms with van der Waals surface area (Å²) in [5.41, 5.74) is 0.615. The van der Waals surface area contributed by atoms with Gasteiger partial charge in [-0.2, -0.15) is 0 Å². The molecule has 0 fully saturated rings. The average molecular weight is 217 g/mol. The number of hydrogen-bond acceptors (Lipinski definition) is 2. The number of hydrogen-bond donors (Lipinski definition) is 0. The fourth-order valence-corrected chi connectivity index (χ4v) is 1.55. The number of rotatable bonds is 4. The third-order valence-corrected chi connectivity index (χ3v) is 2.10. The minimum Gasteiger partial charge on any atom is -0.495 e. The zero-order chi connectivity index (χ0) is 10.6. The van der Waals surface area contributed by atoms with Crippen molar-refractivity contribution in [3.63, 3.8) is 0 Å². The van der Waals surface area contributed by atoms with E-state index in [-0.39, 0.29) is 5.02 Å². The van der Waals surface area contributed by atoms with Crippen LogP contribution in [0.5, 0.6) is 5.75 Å². The number of halogens is 2. The number of methoxy groups -OCH3 is 1. The standard InChI is InChI=1S/C10H10ClFO2/c1-14-10-7(3-2-4-13)5-8(12)6-9(10)11/h4-6H,2-3H2,1H3. The summed E-state index contributed by atoms with van der Waals surface area (Å²) in [5.74, 6) is 0.0200. The second-order valence-electron chi connectivity index (χ2n) is 2.79. The van der Waals surface area contributed by atoms with Crippen molar-refractivity contribution in [2.45, 2.75) is 12.8 Å². The van der Waals surface area contributed by atoms with E-state index in [9.17, 15) is 9.18 Å². The maximum absolute atomic E-state index is 12.9. The third-order valence-electron chi connectivity index (χ3n) is 1.82. The third kappa shape index (κ3) is 2.45. The van der Waals surface area contributed by atoms with Gasteiger partial charge in [0, 0.05) is 6.42 Å². The van der Waals surface area contributed by atoms with Crippen molar-refractivity contribution in [2.75, 3.05) is 7.11 Å². The second-order valence-corrected chi connectivity index (χ2v) is 3.19. The Labute approximate surface area is 86.6 Å². The molecule has 1 rings (SSSR count). The van der Waals surface area contributed by atoms with Crippen LogP contribution in [0.3, 0.4) is 0 Å². The van der Waals surface area contributed by atoms with Crippen molar-refractivity contribution in [3.05, 3.63) is 28.5 Å². The molecule has 2 nitrogen and oxygen atoms in total. The highest BCUT2D eigenvalue weighted by molar-refractivity contribution is 6.32. The van der Waals surface area contributed by atoms with Gasteiger partial charge in [0.15, 0.2) is 0 Å². The fraction of sp³-hybridized carbons (Fsp3) is 0.300. The molecule has 1 aromatic carbocycles. The Hall–Kier alpha value is -1.09. The second kappa shape index (κ2) is 4.96. The van der Waals surface area contributed by atoms with Crippen LogP contribution in [0.15, 0.2) is 12.1 Å². The number of ether oxygens (including phenoxy) is 1. The Morgan fingerprint density at radius 1 is 1.57 bits per heavy atom. The first-order chi connectivity index (χ1) is 6.69. The lowest BCUT2D eigenvalue weighted by molar-refractivity contribution is -0.107. The van der Waals surface area contributed by atoms with Crippen molar-refractivity contribution >= 4 is 17.9 Å². The highest BCUT2D eigenvalue weighted by Crippen LogP contribution is 2.30. The number of aldehydes is 1. The van der Waals surface area contributed by atoms with Gasteiger partial charge in [0.1, 0.15) is 17.9 Å². The molecule has 0 saturated carbocycles. The summed E-state index contributed by atoms with van der Waals surface area (Å²) in [5, 5.41) is 0.230.